The summed E-state index contributed by atoms with van der Waals surface area (Å²) in [5.41, 5.74) is 2.99. The number of hydrogen-bond donors (Lipinski definition) is 0. The van der Waals surface area contributed by atoms with Crippen molar-refractivity contribution in [1.82, 2.24) is 4.90 Å². The van der Waals surface area contributed by atoms with E-state index < -0.39 is 0 Å². The molecule has 1 rings (SSSR count). The van der Waals surface area contributed by atoms with E-state index >= 15 is 0 Å². The monoisotopic (exact) mass is 220 g/mol. The lowest BCUT2D eigenvalue weighted by molar-refractivity contribution is 0.0828. The Morgan fingerprint density at radius 2 is 1.81 bits per heavy atom. The molecule has 0 aliphatic rings. The number of rotatable bonds is 3. The van der Waals surface area contributed by atoms with Crippen LogP contribution in [0.3, 0.4) is 0 Å². The first-order valence-electron chi connectivity index (χ1n) is 5.49. The van der Waals surface area contributed by atoms with Gasteiger partial charge in [0.1, 0.15) is 0 Å². The van der Waals surface area contributed by atoms with E-state index in [0.29, 0.717) is 0 Å². The van der Waals surface area contributed by atoms with Crippen molar-refractivity contribution in [1.29, 1.82) is 0 Å². The molecule has 3 nitrogen and oxygen atoms in total. The molecule has 16 heavy (non-hydrogen) atoms. The van der Waals surface area contributed by atoms with E-state index in [4.69, 9.17) is 0 Å². The molecule has 0 saturated carbocycles. The van der Waals surface area contributed by atoms with Gasteiger partial charge in [0.05, 0.1) is 5.56 Å². The molecule has 0 saturated heterocycles. The van der Waals surface area contributed by atoms with Crippen LogP contribution in [0.4, 0.5) is 5.69 Å². The third-order valence-corrected chi connectivity index (χ3v) is 2.59. The summed E-state index contributed by atoms with van der Waals surface area (Å²) in [6.45, 7) is 2.11. The summed E-state index contributed by atoms with van der Waals surface area (Å²) in [4.78, 5) is 15.6. The molecule has 0 fully saturated rings. The fourth-order valence-electron chi connectivity index (χ4n) is 1.59. The molecule has 0 spiro atoms. The molecule has 0 atom stereocenters. The van der Waals surface area contributed by atoms with Gasteiger partial charge in [-0.3, -0.25) is 4.79 Å². The summed E-state index contributed by atoms with van der Waals surface area (Å²) in [7, 11) is 7.47. The van der Waals surface area contributed by atoms with Crippen molar-refractivity contribution in [2.75, 3.05) is 33.1 Å². The molecule has 88 valence electrons. The van der Waals surface area contributed by atoms with Gasteiger partial charge in [0.25, 0.3) is 5.91 Å². The molecule has 3 heteroatoms. The van der Waals surface area contributed by atoms with Gasteiger partial charge >= 0.3 is 0 Å². The lowest BCUT2D eigenvalue weighted by atomic mass is 10.1. The summed E-state index contributed by atoms with van der Waals surface area (Å²) in [5.74, 6) is 0.0475. The number of carbonyl (C=O) groups excluding carboxylic acids is 1. The average molecular weight is 220 g/mol. The van der Waals surface area contributed by atoms with Crippen molar-refractivity contribution < 1.29 is 4.79 Å². The van der Waals surface area contributed by atoms with Gasteiger partial charge in [0.15, 0.2) is 0 Å². The maximum atomic E-state index is 12.0. The van der Waals surface area contributed by atoms with Crippen LogP contribution in [-0.2, 0) is 6.42 Å². The van der Waals surface area contributed by atoms with Crippen LogP contribution in [0.1, 0.15) is 22.8 Å². The number of aryl methyl sites for hydroxylation is 1. The molecule has 0 aromatic heterocycles. The van der Waals surface area contributed by atoms with Crippen LogP contribution in [0.2, 0.25) is 0 Å². The lowest BCUT2D eigenvalue weighted by Crippen LogP contribution is -2.24. The Morgan fingerprint density at radius 1 is 1.19 bits per heavy atom. The smallest absolute Gasteiger partial charge is 0.255 e. The first-order valence-corrected chi connectivity index (χ1v) is 5.49. The normalized spacial score (nSPS) is 10.1. The quantitative estimate of drug-likeness (QED) is 0.778. The molecule has 0 radical (unpaired) electrons. The third-order valence-electron chi connectivity index (χ3n) is 2.59. The number of amides is 1. The van der Waals surface area contributed by atoms with Crippen LogP contribution in [-0.4, -0.2) is 39.0 Å². The second-order valence-corrected chi connectivity index (χ2v) is 4.30. The van der Waals surface area contributed by atoms with Crippen LogP contribution in [0.5, 0.6) is 0 Å². The highest BCUT2D eigenvalue weighted by Gasteiger charge is 2.14. The molecule has 1 aromatic carbocycles. The molecule has 0 aliphatic heterocycles. The van der Waals surface area contributed by atoms with Crippen LogP contribution >= 0.6 is 0 Å². The summed E-state index contributed by atoms with van der Waals surface area (Å²) >= 11 is 0. The topological polar surface area (TPSA) is 23.6 Å². The molecule has 0 aliphatic carbocycles. The zero-order chi connectivity index (χ0) is 12.3. The lowest BCUT2D eigenvalue weighted by Gasteiger charge is -2.20. The minimum absolute atomic E-state index is 0.0475. The minimum atomic E-state index is 0.0475. The second-order valence-electron chi connectivity index (χ2n) is 4.30. The van der Waals surface area contributed by atoms with E-state index in [-0.39, 0.29) is 5.91 Å². The summed E-state index contributed by atoms with van der Waals surface area (Å²) in [5, 5.41) is 0. The Bertz CT molecular complexity index is 384. The molecule has 1 aromatic rings. The van der Waals surface area contributed by atoms with E-state index in [9.17, 15) is 4.79 Å². The van der Waals surface area contributed by atoms with Crippen molar-refractivity contribution in [3.05, 3.63) is 29.3 Å². The predicted octanol–water partition coefficient (Wildman–Crippen LogP) is 2.02. The van der Waals surface area contributed by atoms with E-state index in [2.05, 4.69) is 13.0 Å². The number of anilines is 1. The van der Waals surface area contributed by atoms with E-state index in [1.165, 1.54) is 5.56 Å². The van der Waals surface area contributed by atoms with Crippen LogP contribution in [0.15, 0.2) is 18.2 Å². The average Bonchev–Trinajstić information content (AvgIpc) is 2.26. The fraction of sp³-hybridized carbons (Fsp3) is 0.462. The van der Waals surface area contributed by atoms with Gasteiger partial charge < -0.3 is 9.80 Å². The molecule has 0 N–H and O–H groups in total. The first kappa shape index (κ1) is 12.6. The maximum Gasteiger partial charge on any atom is 0.255 e. The van der Waals surface area contributed by atoms with Crippen molar-refractivity contribution >= 4 is 11.6 Å². The highest BCUT2D eigenvalue weighted by atomic mass is 16.2. The Balaban J connectivity index is 3.23. The van der Waals surface area contributed by atoms with Gasteiger partial charge in [-0.05, 0) is 24.1 Å². The van der Waals surface area contributed by atoms with E-state index in [1.807, 2.05) is 31.1 Å². The van der Waals surface area contributed by atoms with Crippen molar-refractivity contribution in [2.24, 2.45) is 0 Å². The number of nitrogens with zero attached hydrogens (tertiary/aromatic N) is 2. The summed E-state index contributed by atoms with van der Waals surface area (Å²) < 4.78 is 0. The molecule has 0 unspecified atom stereocenters. The molecule has 0 heterocycles. The zero-order valence-electron chi connectivity index (χ0n) is 10.7. The summed E-state index contributed by atoms with van der Waals surface area (Å²) in [6.07, 6.45) is 0.983. The fourth-order valence-corrected chi connectivity index (χ4v) is 1.59. The second kappa shape index (κ2) is 5.01. The Labute approximate surface area is 97.7 Å². The van der Waals surface area contributed by atoms with Gasteiger partial charge in [-0.15, -0.1) is 0 Å². The van der Waals surface area contributed by atoms with Gasteiger partial charge in [-0.25, -0.2) is 0 Å². The van der Waals surface area contributed by atoms with Crippen LogP contribution in [0.25, 0.3) is 0 Å². The predicted molar refractivity (Wildman–Crippen MR) is 68.2 cm³/mol. The third kappa shape index (κ3) is 2.54. The SMILES string of the molecule is CCc1ccc(C(=O)N(C)C)c(N(C)C)c1. The highest BCUT2D eigenvalue weighted by molar-refractivity contribution is 5.99. The molecule has 0 bridgehead atoms. The van der Waals surface area contributed by atoms with Crippen molar-refractivity contribution in [3.63, 3.8) is 0 Å². The molecule has 1 amide bonds. The highest BCUT2D eigenvalue weighted by Crippen LogP contribution is 2.21. The Hall–Kier alpha value is -1.51. The van der Waals surface area contributed by atoms with Crippen molar-refractivity contribution in [3.8, 4) is 0 Å². The molecular formula is C13H20N2O. The minimum Gasteiger partial charge on any atom is -0.377 e. The van der Waals surface area contributed by atoms with Gasteiger partial charge in [0.2, 0.25) is 0 Å². The standard InChI is InChI=1S/C13H20N2O/c1-6-10-7-8-11(13(16)15(4)5)12(9-10)14(2)3/h7-9H,6H2,1-5H3. The van der Waals surface area contributed by atoms with Gasteiger partial charge in [-0.2, -0.15) is 0 Å². The Kier molecular flexibility index (Phi) is 3.93. The maximum absolute atomic E-state index is 12.0. The van der Waals surface area contributed by atoms with Crippen LogP contribution < -0.4 is 4.90 Å². The van der Waals surface area contributed by atoms with Crippen molar-refractivity contribution in [2.45, 2.75) is 13.3 Å². The zero-order valence-corrected chi connectivity index (χ0v) is 10.7. The number of benzene rings is 1. The van der Waals surface area contributed by atoms with Gasteiger partial charge in [-0.1, -0.05) is 13.0 Å². The van der Waals surface area contributed by atoms with E-state index in [1.54, 1.807) is 19.0 Å². The van der Waals surface area contributed by atoms with E-state index in [0.717, 1.165) is 17.7 Å². The summed E-state index contributed by atoms with van der Waals surface area (Å²) in [6, 6.07) is 6.01. The number of carbonyl (C=O) groups is 1. The Morgan fingerprint density at radius 3 is 2.25 bits per heavy atom. The van der Waals surface area contributed by atoms with Crippen LogP contribution in [0, 0.1) is 0 Å². The molecular weight excluding hydrogens is 200 g/mol. The number of hydrogen-bond acceptors (Lipinski definition) is 2. The largest absolute Gasteiger partial charge is 0.377 e. The van der Waals surface area contributed by atoms with Gasteiger partial charge in [0, 0.05) is 33.9 Å². The first-order chi connectivity index (χ1) is 7.47.